The third-order valence-electron chi connectivity index (χ3n) is 2.97. The third-order valence-corrected chi connectivity index (χ3v) is 2.97. The summed E-state index contributed by atoms with van der Waals surface area (Å²) in [5, 5.41) is 3.23. The van der Waals surface area contributed by atoms with Crippen molar-refractivity contribution >= 4 is 11.5 Å². The van der Waals surface area contributed by atoms with Crippen LogP contribution in [-0.4, -0.2) is 36.8 Å². The average molecular weight is 266 g/mol. The number of nitrogens with one attached hydrogen (secondary N) is 1. The van der Waals surface area contributed by atoms with E-state index >= 15 is 0 Å². The Balaban J connectivity index is 2.10. The van der Waals surface area contributed by atoms with E-state index in [2.05, 4.69) is 15.3 Å². The molecular weight excluding hydrogens is 244 g/mol. The van der Waals surface area contributed by atoms with E-state index in [-0.39, 0.29) is 0 Å². The molecule has 1 aliphatic carbocycles. The number of nitrogen functional groups attached to an aromatic ring is 1. The molecular formula is C13H22N4O2. The number of rotatable bonds is 8. The Kier molecular flexibility index (Phi) is 4.79. The molecule has 0 amide bonds. The van der Waals surface area contributed by atoms with Crippen LogP contribution >= 0.6 is 0 Å². The van der Waals surface area contributed by atoms with E-state index < -0.39 is 0 Å². The number of methoxy groups -OCH3 is 1. The summed E-state index contributed by atoms with van der Waals surface area (Å²) >= 11 is 0. The van der Waals surface area contributed by atoms with Crippen LogP contribution in [0.2, 0.25) is 0 Å². The first kappa shape index (κ1) is 13.9. The molecule has 0 atom stereocenters. The Morgan fingerprint density at radius 2 is 2.16 bits per heavy atom. The van der Waals surface area contributed by atoms with Gasteiger partial charge in [-0.2, -0.15) is 4.98 Å². The predicted octanol–water partition coefficient (Wildman–Crippen LogP) is 1.78. The summed E-state index contributed by atoms with van der Waals surface area (Å²) in [5.74, 6) is 2.48. The summed E-state index contributed by atoms with van der Waals surface area (Å²) in [5.41, 5.74) is 6.52. The molecule has 0 bridgehead atoms. The molecule has 2 rings (SSSR count). The molecule has 1 aliphatic rings. The Labute approximate surface area is 113 Å². The van der Waals surface area contributed by atoms with Gasteiger partial charge in [-0.1, -0.05) is 0 Å². The zero-order valence-electron chi connectivity index (χ0n) is 11.6. The SMILES string of the molecule is CCOc1nc(C2CC2)nc(NCCCOC)c1N. The second-order valence-electron chi connectivity index (χ2n) is 4.63. The molecule has 6 heteroatoms. The lowest BCUT2D eigenvalue weighted by Crippen LogP contribution is -2.12. The molecule has 19 heavy (non-hydrogen) atoms. The van der Waals surface area contributed by atoms with Crippen LogP contribution in [0.4, 0.5) is 11.5 Å². The van der Waals surface area contributed by atoms with E-state index in [1.807, 2.05) is 6.92 Å². The first-order valence-corrected chi connectivity index (χ1v) is 6.79. The fraction of sp³-hybridized carbons (Fsp3) is 0.692. The second kappa shape index (κ2) is 6.56. The number of hydrogen-bond acceptors (Lipinski definition) is 6. The van der Waals surface area contributed by atoms with E-state index in [9.17, 15) is 0 Å². The van der Waals surface area contributed by atoms with Gasteiger partial charge in [-0.25, -0.2) is 4.98 Å². The molecule has 1 fully saturated rings. The summed E-state index contributed by atoms with van der Waals surface area (Å²) in [6.07, 6.45) is 3.21. The first-order chi connectivity index (χ1) is 9.26. The standard InChI is InChI=1S/C13H22N4O2/c1-3-19-13-10(14)12(15-7-4-8-18-2)16-11(17-13)9-5-6-9/h9H,3-8,14H2,1-2H3,(H,15,16,17). The number of hydrogen-bond donors (Lipinski definition) is 2. The Morgan fingerprint density at radius 1 is 1.37 bits per heavy atom. The van der Waals surface area contributed by atoms with Crippen LogP contribution in [0.3, 0.4) is 0 Å². The van der Waals surface area contributed by atoms with Gasteiger partial charge in [0.05, 0.1) is 6.61 Å². The van der Waals surface area contributed by atoms with Crippen molar-refractivity contribution in [2.75, 3.05) is 37.9 Å². The van der Waals surface area contributed by atoms with Gasteiger partial charge < -0.3 is 20.5 Å². The van der Waals surface area contributed by atoms with Gasteiger partial charge in [0.25, 0.3) is 0 Å². The minimum atomic E-state index is 0.472. The number of aromatic nitrogens is 2. The molecule has 0 spiro atoms. The lowest BCUT2D eigenvalue weighted by atomic mass is 10.3. The smallest absolute Gasteiger partial charge is 0.242 e. The maximum Gasteiger partial charge on any atom is 0.242 e. The molecule has 1 heterocycles. The maximum atomic E-state index is 6.03. The zero-order valence-corrected chi connectivity index (χ0v) is 11.6. The van der Waals surface area contributed by atoms with Gasteiger partial charge in [0, 0.05) is 26.2 Å². The van der Waals surface area contributed by atoms with Crippen LogP contribution < -0.4 is 15.8 Å². The highest BCUT2D eigenvalue weighted by Crippen LogP contribution is 2.40. The van der Waals surface area contributed by atoms with Crippen molar-refractivity contribution in [2.45, 2.75) is 32.1 Å². The van der Waals surface area contributed by atoms with Gasteiger partial charge in [0.2, 0.25) is 5.88 Å². The van der Waals surface area contributed by atoms with E-state index in [1.165, 1.54) is 0 Å². The van der Waals surface area contributed by atoms with Crippen LogP contribution in [-0.2, 0) is 4.74 Å². The highest BCUT2D eigenvalue weighted by Gasteiger charge is 2.28. The van der Waals surface area contributed by atoms with Gasteiger partial charge >= 0.3 is 0 Å². The van der Waals surface area contributed by atoms with Gasteiger partial charge in [-0.3, -0.25) is 0 Å². The molecule has 1 aromatic rings. The van der Waals surface area contributed by atoms with Gasteiger partial charge in [-0.15, -0.1) is 0 Å². The van der Waals surface area contributed by atoms with Crippen molar-refractivity contribution in [3.63, 3.8) is 0 Å². The molecule has 106 valence electrons. The van der Waals surface area contributed by atoms with E-state index in [4.69, 9.17) is 15.2 Å². The lowest BCUT2D eigenvalue weighted by molar-refractivity contribution is 0.197. The molecule has 6 nitrogen and oxygen atoms in total. The van der Waals surface area contributed by atoms with Crippen molar-refractivity contribution in [2.24, 2.45) is 0 Å². The molecule has 0 saturated heterocycles. The summed E-state index contributed by atoms with van der Waals surface area (Å²) in [6, 6.07) is 0. The molecule has 0 radical (unpaired) electrons. The third kappa shape index (κ3) is 3.70. The largest absolute Gasteiger partial charge is 0.476 e. The maximum absolute atomic E-state index is 6.03. The van der Waals surface area contributed by atoms with Gasteiger partial charge in [-0.05, 0) is 26.2 Å². The molecule has 0 aromatic carbocycles. The minimum Gasteiger partial charge on any atom is -0.476 e. The van der Waals surface area contributed by atoms with Gasteiger partial charge in [0.1, 0.15) is 11.5 Å². The fourth-order valence-corrected chi connectivity index (χ4v) is 1.79. The van der Waals surface area contributed by atoms with E-state index in [0.29, 0.717) is 36.5 Å². The number of nitrogens with two attached hydrogens (primary N) is 1. The summed E-state index contributed by atoms with van der Waals surface area (Å²) in [6.45, 7) is 3.95. The second-order valence-corrected chi connectivity index (χ2v) is 4.63. The molecule has 1 saturated carbocycles. The van der Waals surface area contributed by atoms with Crippen molar-refractivity contribution < 1.29 is 9.47 Å². The molecule has 0 unspecified atom stereocenters. The van der Waals surface area contributed by atoms with Crippen LogP contribution in [0.5, 0.6) is 5.88 Å². The highest BCUT2D eigenvalue weighted by atomic mass is 16.5. The Hall–Kier alpha value is -1.56. The molecule has 3 N–H and O–H groups in total. The van der Waals surface area contributed by atoms with Crippen molar-refractivity contribution in [3.8, 4) is 5.88 Å². The molecule has 1 aromatic heterocycles. The fourth-order valence-electron chi connectivity index (χ4n) is 1.79. The highest BCUT2D eigenvalue weighted by molar-refractivity contribution is 5.67. The van der Waals surface area contributed by atoms with E-state index in [0.717, 1.165) is 31.6 Å². The summed E-state index contributed by atoms with van der Waals surface area (Å²) in [4.78, 5) is 8.91. The predicted molar refractivity (Wildman–Crippen MR) is 74.6 cm³/mol. The average Bonchev–Trinajstić information content (AvgIpc) is 3.23. The van der Waals surface area contributed by atoms with Crippen LogP contribution in [0.1, 0.15) is 37.9 Å². The lowest BCUT2D eigenvalue weighted by Gasteiger charge is -2.13. The molecule has 0 aliphatic heterocycles. The van der Waals surface area contributed by atoms with Crippen LogP contribution in [0.25, 0.3) is 0 Å². The zero-order chi connectivity index (χ0) is 13.7. The van der Waals surface area contributed by atoms with Crippen molar-refractivity contribution in [1.29, 1.82) is 0 Å². The normalized spacial score (nSPS) is 14.4. The van der Waals surface area contributed by atoms with Crippen molar-refractivity contribution in [3.05, 3.63) is 5.82 Å². The topological polar surface area (TPSA) is 82.3 Å². The quantitative estimate of drug-likeness (QED) is 0.698. The first-order valence-electron chi connectivity index (χ1n) is 6.79. The number of nitrogens with zero attached hydrogens (tertiary/aromatic N) is 2. The van der Waals surface area contributed by atoms with Crippen LogP contribution in [0, 0.1) is 0 Å². The number of anilines is 2. The number of ether oxygens (including phenoxy) is 2. The van der Waals surface area contributed by atoms with E-state index in [1.54, 1.807) is 7.11 Å². The van der Waals surface area contributed by atoms with Crippen molar-refractivity contribution in [1.82, 2.24) is 9.97 Å². The minimum absolute atomic E-state index is 0.472. The van der Waals surface area contributed by atoms with Crippen LogP contribution in [0.15, 0.2) is 0 Å². The monoisotopic (exact) mass is 266 g/mol. The summed E-state index contributed by atoms with van der Waals surface area (Å²) < 4.78 is 10.5. The Morgan fingerprint density at radius 3 is 2.79 bits per heavy atom. The van der Waals surface area contributed by atoms with Gasteiger partial charge in [0.15, 0.2) is 5.82 Å². The Bertz CT molecular complexity index is 421. The summed E-state index contributed by atoms with van der Waals surface area (Å²) in [7, 11) is 1.69.